The second kappa shape index (κ2) is 8.17. The van der Waals surface area contributed by atoms with Gasteiger partial charge in [-0.1, -0.05) is 11.6 Å². The third-order valence-electron chi connectivity index (χ3n) is 4.57. The summed E-state index contributed by atoms with van der Waals surface area (Å²) in [7, 11) is -3.68. The average Bonchev–Trinajstić information content (AvgIpc) is 3.36. The SMILES string of the molecule is O=S(=O)(c1ccc(F)c(Cl)c1)N1CCN(Cc2csc(-c3ccsc3)n2)CC1. The molecule has 0 radical (unpaired) electrons. The van der Waals surface area contributed by atoms with Crippen LogP contribution in [0.2, 0.25) is 5.02 Å². The van der Waals surface area contributed by atoms with E-state index in [0.717, 1.165) is 22.3 Å². The molecule has 28 heavy (non-hydrogen) atoms. The number of piperazine rings is 1. The normalized spacial score (nSPS) is 16.5. The van der Waals surface area contributed by atoms with Gasteiger partial charge in [0.25, 0.3) is 0 Å². The molecule has 0 amide bonds. The molecular formula is C18H17ClFN3O2S3. The molecule has 1 aromatic carbocycles. The summed E-state index contributed by atoms with van der Waals surface area (Å²) in [5.74, 6) is -0.629. The van der Waals surface area contributed by atoms with Gasteiger partial charge >= 0.3 is 0 Å². The number of hydrogen-bond donors (Lipinski definition) is 0. The summed E-state index contributed by atoms with van der Waals surface area (Å²) in [4.78, 5) is 6.89. The van der Waals surface area contributed by atoms with Gasteiger partial charge in [0.1, 0.15) is 10.8 Å². The lowest BCUT2D eigenvalue weighted by Crippen LogP contribution is -2.48. The van der Waals surface area contributed by atoms with E-state index in [1.54, 1.807) is 22.7 Å². The molecule has 1 saturated heterocycles. The molecule has 3 heterocycles. The van der Waals surface area contributed by atoms with Gasteiger partial charge in [-0.2, -0.15) is 15.6 Å². The highest BCUT2D eigenvalue weighted by molar-refractivity contribution is 7.89. The molecule has 0 N–H and O–H groups in total. The number of nitrogens with zero attached hydrogens (tertiary/aromatic N) is 3. The maximum Gasteiger partial charge on any atom is 0.243 e. The van der Waals surface area contributed by atoms with Crippen LogP contribution in [0.5, 0.6) is 0 Å². The Balaban J connectivity index is 1.38. The van der Waals surface area contributed by atoms with Crippen LogP contribution in [-0.2, 0) is 16.6 Å². The van der Waals surface area contributed by atoms with Gasteiger partial charge in [0.15, 0.2) is 0 Å². The Morgan fingerprint density at radius 3 is 2.61 bits per heavy atom. The molecule has 3 aromatic rings. The summed E-state index contributed by atoms with van der Waals surface area (Å²) < 4.78 is 40.3. The van der Waals surface area contributed by atoms with Crippen molar-refractivity contribution in [2.75, 3.05) is 26.2 Å². The van der Waals surface area contributed by atoms with Crippen LogP contribution in [0.3, 0.4) is 0 Å². The molecule has 1 fully saturated rings. The number of thiazole rings is 1. The first-order valence-electron chi connectivity index (χ1n) is 8.58. The third kappa shape index (κ3) is 4.14. The molecule has 5 nitrogen and oxygen atoms in total. The second-order valence-corrected chi connectivity index (χ2v) is 10.4. The fourth-order valence-electron chi connectivity index (χ4n) is 3.04. The standard InChI is InChI=1S/C18H17ClFN3O2S3/c19-16-9-15(1-2-17(16)20)28(24,25)23-6-4-22(5-7-23)10-14-12-27-18(21-14)13-3-8-26-11-13/h1-3,8-9,11-12H,4-7,10H2. The van der Waals surface area contributed by atoms with Crippen molar-refractivity contribution in [1.29, 1.82) is 0 Å². The Kier molecular flexibility index (Phi) is 5.82. The van der Waals surface area contributed by atoms with E-state index in [-0.39, 0.29) is 9.92 Å². The number of sulfonamides is 1. The number of benzene rings is 1. The minimum absolute atomic E-state index is 0.0206. The van der Waals surface area contributed by atoms with E-state index in [9.17, 15) is 12.8 Å². The lowest BCUT2D eigenvalue weighted by Gasteiger charge is -2.33. The van der Waals surface area contributed by atoms with E-state index < -0.39 is 15.8 Å². The van der Waals surface area contributed by atoms with Crippen LogP contribution in [0.15, 0.2) is 45.3 Å². The predicted octanol–water partition coefficient (Wildman–Crippen LogP) is 4.17. The van der Waals surface area contributed by atoms with Crippen molar-refractivity contribution >= 4 is 44.3 Å². The smallest absolute Gasteiger partial charge is 0.243 e. The summed E-state index contributed by atoms with van der Waals surface area (Å²) >= 11 is 9.01. The summed E-state index contributed by atoms with van der Waals surface area (Å²) in [6, 6.07) is 5.56. The minimum Gasteiger partial charge on any atom is -0.295 e. The summed E-state index contributed by atoms with van der Waals surface area (Å²) in [6.07, 6.45) is 0. The second-order valence-electron chi connectivity index (χ2n) is 6.41. The molecular weight excluding hydrogens is 441 g/mol. The molecule has 0 spiro atoms. The van der Waals surface area contributed by atoms with Gasteiger partial charge in [0.2, 0.25) is 10.0 Å². The van der Waals surface area contributed by atoms with Gasteiger partial charge < -0.3 is 0 Å². The third-order valence-corrected chi connectivity index (χ3v) is 8.37. The van der Waals surface area contributed by atoms with Crippen molar-refractivity contribution < 1.29 is 12.8 Å². The largest absolute Gasteiger partial charge is 0.295 e. The van der Waals surface area contributed by atoms with Gasteiger partial charge in [-0.05, 0) is 29.6 Å². The first kappa shape index (κ1) is 19.9. The van der Waals surface area contributed by atoms with Crippen LogP contribution >= 0.6 is 34.3 Å². The summed E-state index contributed by atoms with van der Waals surface area (Å²) in [5.41, 5.74) is 2.13. The van der Waals surface area contributed by atoms with Crippen LogP contribution in [0.4, 0.5) is 4.39 Å². The zero-order valence-corrected chi connectivity index (χ0v) is 17.9. The summed E-state index contributed by atoms with van der Waals surface area (Å²) in [5, 5.41) is 6.98. The quantitative estimate of drug-likeness (QED) is 0.577. The predicted molar refractivity (Wildman–Crippen MR) is 111 cm³/mol. The number of rotatable bonds is 5. The van der Waals surface area contributed by atoms with Crippen LogP contribution in [0.25, 0.3) is 10.6 Å². The fourth-order valence-corrected chi connectivity index (χ4v) is 6.26. The maximum absolute atomic E-state index is 13.3. The zero-order chi connectivity index (χ0) is 19.7. The van der Waals surface area contributed by atoms with Gasteiger partial charge in [0, 0.05) is 49.0 Å². The first-order chi connectivity index (χ1) is 13.4. The Morgan fingerprint density at radius 2 is 1.93 bits per heavy atom. The Hall–Kier alpha value is -1.36. The van der Waals surface area contributed by atoms with Crippen molar-refractivity contribution in [1.82, 2.24) is 14.2 Å². The van der Waals surface area contributed by atoms with Gasteiger partial charge in [-0.3, -0.25) is 4.90 Å². The highest BCUT2D eigenvalue weighted by atomic mass is 35.5. The van der Waals surface area contributed by atoms with E-state index in [1.165, 1.54) is 16.4 Å². The number of thiophene rings is 1. The highest BCUT2D eigenvalue weighted by Gasteiger charge is 2.29. The Bertz CT molecular complexity index is 1060. The van der Waals surface area contributed by atoms with Gasteiger partial charge in [-0.25, -0.2) is 17.8 Å². The minimum atomic E-state index is -3.68. The molecule has 10 heteroatoms. The lowest BCUT2D eigenvalue weighted by molar-refractivity contribution is 0.180. The van der Waals surface area contributed by atoms with E-state index >= 15 is 0 Å². The molecule has 148 valence electrons. The molecule has 4 rings (SSSR count). The number of halogens is 2. The molecule has 0 atom stereocenters. The number of hydrogen-bond acceptors (Lipinski definition) is 6. The zero-order valence-electron chi connectivity index (χ0n) is 14.7. The maximum atomic E-state index is 13.3. The van der Waals surface area contributed by atoms with Crippen LogP contribution in [-0.4, -0.2) is 48.8 Å². The van der Waals surface area contributed by atoms with E-state index in [1.807, 2.05) is 5.38 Å². The van der Waals surface area contributed by atoms with Crippen LogP contribution in [0, 0.1) is 5.82 Å². The molecule has 0 saturated carbocycles. The van der Waals surface area contributed by atoms with Crippen molar-refractivity contribution in [2.45, 2.75) is 11.4 Å². The Morgan fingerprint density at radius 1 is 1.14 bits per heavy atom. The van der Waals surface area contributed by atoms with Crippen molar-refractivity contribution in [3.05, 3.63) is 56.9 Å². The molecule has 1 aliphatic rings. The van der Waals surface area contributed by atoms with E-state index in [2.05, 4.69) is 26.7 Å². The average molecular weight is 458 g/mol. The molecule has 0 aliphatic carbocycles. The highest BCUT2D eigenvalue weighted by Crippen LogP contribution is 2.27. The topological polar surface area (TPSA) is 53.5 Å². The van der Waals surface area contributed by atoms with E-state index in [0.29, 0.717) is 32.7 Å². The van der Waals surface area contributed by atoms with Gasteiger partial charge in [-0.15, -0.1) is 11.3 Å². The lowest BCUT2D eigenvalue weighted by atomic mass is 10.3. The molecule has 2 aromatic heterocycles. The van der Waals surface area contributed by atoms with Crippen molar-refractivity contribution in [3.8, 4) is 10.6 Å². The van der Waals surface area contributed by atoms with Crippen LogP contribution < -0.4 is 0 Å². The van der Waals surface area contributed by atoms with Crippen LogP contribution in [0.1, 0.15) is 5.69 Å². The monoisotopic (exact) mass is 457 g/mol. The molecule has 0 unspecified atom stereocenters. The summed E-state index contributed by atoms with van der Waals surface area (Å²) in [6.45, 7) is 2.66. The fraction of sp³-hybridized carbons (Fsp3) is 0.278. The van der Waals surface area contributed by atoms with E-state index in [4.69, 9.17) is 11.6 Å². The molecule has 0 bridgehead atoms. The number of aromatic nitrogens is 1. The van der Waals surface area contributed by atoms with Gasteiger partial charge in [0.05, 0.1) is 15.6 Å². The van der Waals surface area contributed by atoms with Crippen molar-refractivity contribution in [3.63, 3.8) is 0 Å². The first-order valence-corrected chi connectivity index (χ1v) is 12.2. The Labute approximate surface area is 176 Å². The molecule has 1 aliphatic heterocycles. The van der Waals surface area contributed by atoms with Crippen molar-refractivity contribution in [2.24, 2.45) is 0 Å².